The van der Waals surface area contributed by atoms with E-state index in [4.69, 9.17) is 0 Å². The molecule has 0 amide bonds. The first kappa shape index (κ1) is 27.3. The van der Waals surface area contributed by atoms with E-state index in [1.54, 1.807) is 0 Å². The van der Waals surface area contributed by atoms with Crippen molar-refractivity contribution in [3.8, 4) is 0 Å². The molecule has 0 heterocycles. The minimum atomic E-state index is -1.08. The van der Waals surface area contributed by atoms with Gasteiger partial charge in [0.25, 0.3) is 0 Å². The van der Waals surface area contributed by atoms with Gasteiger partial charge < -0.3 is 0 Å². The van der Waals surface area contributed by atoms with Crippen molar-refractivity contribution in [2.75, 3.05) is 0 Å². The van der Waals surface area contributed by atoms with Gasteiger partial charge in [-0.2, -0.15) is 22.7 Å². The monoisotopic (exact) mass is 467 g/mol. The van der Waals surface area contributed by atoms with Crippen molar-refractivity contribution >= 4 is 22.5 Å². The molecule has 0 aliphatic carbocycles. The van der Waals surface area contributed by atoms with Gasteiger partial charge in [0, 0.05) is 0 Å². The third kappa shape index (κ3) is 5.93. The smallest absolute Gasteiger partial charge is 0.0814 e. The van der Waals surface area contributed by atoms with Gasteiger partial charge in [0.05, 0.1) is 6.15 Å². The quantitative estimate of drug-likeness (QED) is 0.324. The molecule has 35 heavy (non-hydrogen) atoms. The molecule has 0 bridgehead atoms. The largest absolute Gasteiger partial charge is 0.200 e. The molecule has 0 atom stereocenters. The maximum atomic E-state index is 2.42. The van der Waals surface area contributed by atoms with Crippen LogP contribution in [0.1, 0.15) is 98.8 Å². The predicted molar refractivity (Wildman–Crippen MR) is 160 cm³/mol. The highest BCUT2D eigenvalue weighted by atomic mass is 14.2. The Bertz CT molecular complexity index is 941. The van der Waals surface area contributed by atoms with Crippen molar-refractivity contribution < 1.29 is 0 Å². The molecular weight excluding hydrogens is 419 g/mol. The fraction of sp³-hybridized carbons (Fsp3) is 0.471. The average Bonchev–Trinajstić information content (AvgIpc) is 2.79. The van der Waals surface area contributed by atoms with Crippen LogP contribution in [0.3, 0.4) is 0 Å². The second kappa shape index (κ2) is 10.0. The molecule has 3 aromatic rings. The Morgan fingerprint density at radius 1 is 0.457 bits per heavy atom. The van der Waals surface area contributed by atoms with Gasteiger partial charge >= 0.3 is 0 Å². The minimum Gasteiger partial charge on any atom is -0.200 e. The zero-order valence-electron chi connectivity index (χ0n) is 24.1. The third-order valence-electron chi connectivity index (χ3n) is 8.03. The highest BCUT2D eigenvalue weighted by molar-refractivity contribution is 7.11. The number of hydrogen-bond donors (Lipinski definition) is 0. The van der Waals surface area contributed by atoms with Crippen molar-refractivity contribution in [2.45, 2.75) is 105 Å². The minimum absolute atomic E-state index is 0.153. The number of benzene rings is 3. The van der Waals surface area contributed by atoms with Crippen LogP contribution in [0.4, 0.5) is 0 Å². The van der Waals surface area contributed by atoms with Crippen molar-refractivity contribution in [3.63, 3.8) is 0 Å². The maximum Gasteiger partial charge on any atom is 0.0814 e. The lowest BCUT2D eigenvalue weighted by Crippen LogP contribution is -2.67. The molecule has 188 valence electrons. The van der Waals surface area contributed by atoms with Crippen LogP contribution in [0.2, 0.25) is 6.32 Å². The molecule has 0 N–H and O–H groups in total. The van der Waals surface area contributed by atoms with Crippen LogP contribution in [-0.2, 0) is 16.2 Å². The van der Waals surface area contributed by atoms with E-state index in [2.05, 4.69) is 142 Å². The van der Waals surface area contributed by atoms with Crippen molar-refractivity contribution in [1.82, 2.24) is 0 Å². The molecule has 0 unspecified atom stereocenters. The van der Waals surface area contributed by atoms with Crippen molar-refractivity contribution in [3.05, 3.63) is 89.5 Å². The number of unbranched alkanes of at least 4 members (excludes halogenated alkanes) is 1. The number of rotatable bonds is 6. The zero-order valence-corrected chi connectivity index (χ0v) is 24.1. The zero-order chi connectivity index (χ0) is 26.1. The molecular formula is C34H48B-. The summed E-state index contributed by atoms with van der Waals surface area (Å²) in [7, 11) is 0. The lowest BCUT2D eigenvalue weighted by Gasteiger charge is -2.44. The van der Waals surface area contributed by atoms with Gasteiger partial charge in [-0.05, 0) is 32.9 Å². The first-order valence-electron chi connectivity index (χ1n) is 13.7. The maximum absolute atomic E-state index is 2.42. The van der Waals surface area contributed by atoms with Gasteiger partial charge in [-0.15, -0.1) is 0 Å². The molecule has 0 aromatic heterocycles. The molecule has 0 fully saturated rings. The van der Waals surface area contributed by atoms with Gasteiger partial charge in [-0.25, -0.2) is 0 Å². The van der Waals surface area contributed by atoms with Gasteiger partial charge in [0.2, 0.25) is 0 Å². The van der Waals surface area contributed by atoms with E-state index < -0.39 is 6.15 Å². The molecule has 0 radical (unpaired) electrons. The summed E-state index contributed by atoms with van der Waals surface area (Å²) in [6, 6.07) is 28.7. The molecule has 0 spiro atoms. The average molecular weight is 468 g/mol. The van der Waals surface area contributed by atoms with E-state index in [0.29, 0.717) is 0 Å². The Balaban J connectivity index is 2.27. The Morgan fingerprint density at radius 3 is 0.914 bits per heavy atom. The lowest BCUT2D eigenvalue weighted by molar-refractivity contribution is 0.590. The lowest BCUT2D eigenvalue weighted by atomic mass is 9.14. The summed E-state index contributed by atoms with van der Waals surface area (Å²) < 4.78 is 0. The molecule has 3 aromatic carbocycles. The summed E-state index contributed by atoms with van der Waals surface area (Å²) in [5, 5.41) is 0. The van der Waals surface area contributed by atoms with Crippen LogP contribution >= 0.6 is 0 Å². The molecule has 0 nitrogen and oxygen atoms in total. The Kier molecular flexibility index (Phi) is 7.80. The van der Waals surface area contributed by atoms with Crippen molar-refractivity contribution in [1.29, 1.82) is 0 Å². The normalized spacial score (nSPS) is 13.2. The first-order valence-corrected chi connectivity index (χ1v) is 13.7. The highest BCUT2D eigenvalue weighted by Crippen LogP contribution is 2.26. The van der Waals surface area contributed by atoms with E-state index in [-0.39, 0.29) is 16.2 Å². The van der Waals surface area contributed by atoms with Crippen LogP contribution in [-0.4, -0.2) is 6.15 Å². The summed E-state index contributed by atoms with van der Waals surface area (Å²) in [6.45, 7) is 23.0. The molecule has 0 aliphatic heterocycles. The summed E-state index contributed by atoms with van der Waals surface area (Å²) in [6.07, 6.45) is 2.49. The van der Waals surface area contributed by atoms with Gasteiger partial charge in [0.1, 0.15) is 0 Å². The Morgan fingerprint density at radius 2 is 0.714 bits per heavy atom. The Hall–Kier alpha value is -2.28. The topological polar surface area (TPSA) is 0 Å². The third-order valence-corrected chi connectivity index (χ3v) is 8.03. The van der Waals surface area contributed by atoms with Crippen LogP contribution < -0.4 is 16.4 Å². The molecule has 0 aliphatic rings. The Labute approximate surface area is 216 Å². The molecule has 1 heteroatoms. The van der Waals surface area contributed by atoms with Crippen LogP contribution in [0.25, 0.3) is 0 Å². The fourth-order valence-corrected chi connectivity index (χ4v) is 5.52. The summed E-state index contributed by atoms with van der Waals surface area (Å²) in [5.41, 5.74) is 9.02. The predicted octanol–water partition coefficient (Wildman–Crippen LogP) is 7.85. The van der Waals surface area contributed by atoms with E-state index >= 15 is 0 Å². The highest BCUT2D eigenvalue weighted by Gasteiger charge is 2.30. The summed E-state index contributed by atoms with van der Waals surface area (Å²) in [4.78, 5) is 0. The van der Waals surface area contributed by atoms with Gasteiger partial charge in [0.15, 0.2) is 0 Å². The van der Waals surface area contributed by atoms with Crippen LogP contribution in [0, 0.1) is 0 Å². The second-order valence-corrected chi connectivity index (χ2v) is 13.8. The molecule has 0 saturated carbocycles. The van der Waals surface area contributed by atoms with E-state index in [9.17, 15) is 0 Å². The van der Waals surface area contributed by atoms with E-state index in [1.165, 1.54) is 45.9 Å². The standard InChI is InChI=1S/C34H48B/c1-11-12-25-35(29-19-13-26(14-20-29)32(2,3)4,30-21-15-27(16-22-30)33(5,6)7)31-23-17-28(18-24-31)34(8,9)10/h13-24H,11-12,25H2,1-10H3/q-1. The van der Waals surface area contributed by atoms with Crippen LogP contribution in [0.5, 0.6) is 0 Å². The fourth-order valence-electron chi connectivity index (χ4n) is 5.52. The summed E-state index contributed by atoms with van der Waals surface area (Å²) in [5.74, 6) is 0. The summed E-state index contributed by atoms with van der Waals surface area (Å²) >= 11 is 0. The SMILES string of the molecule is CCCC[B-](c1ccc(C(C)(C)C)cc1)(c1ccc(C(C)(C)C)cc1)c1ccc(C(C)(C)C)cc1. The van der Waals surface area contributed by atoms with Gasteiger partial charge in [-0.3, -0.25) is 0 Å². The van der Waals surface area contributed by atoms with E-state index in [0.717, 1.165) is 6.32 Å². The number of hydrogen-bond acceptors (Lipinski definition) is 0. The first-order chi connectivity index (χ1) is 16.2. The van der Waals surface area contributed by atoms with E-state index in [1.807, 2.05) is 0 Å². The second-order valence-electron chi connectivity index (χ2n) is 13.8. The van der Waals surface area contributed by atoms with Crippen molar-refractivity contribution in [2.24, 2.45) is 0 Å². The van der Waals surface area contributed by atoms with Gasteiger partial charge in [-0.1, -0.05) is 155 Å². The molecule has 0 saturated heterocycles. The molecule has 3 rings (SSSR count). The van der Waals surface area contributed by atoms with Crippen LogP contribution in [0.15, 0.2) is 72.8 Å².